The summed E-state index contributed by atoms with van der Waals surface area (Å²) in [6, 6.07) is 8.14. The van der Waals surface area contributed by atoms with Crippen molar-refractivity contribution in [1.29, 1.82) is 0 Å². The molecule has 1 aliphatic heterocycles. The van der Waals surface area contributed by atoms with Crippen LogP contribution in [0.3, 0.4) is 0 Å². The standard InChI is InChI=1S/C16H22BrNO2/c1-11(13-3-5-15(17)6-4-13)9-16(20)18-8-7-14(10-18)12(2)19/h3-6,11-12,14,19H,7-10H2,1-2H3. The van der Waals surface area contributed by atoms with Crippen LogP contribution in [0.15, 0.2) is 28.7 Å². The molecule has 1 N–H and O–H groups in total. The Morgan fingerprint density at radius 3 is 2.60 bits per heavy atom. The number of carbonyl (C=O) groups is 1. The van der Waals surface area contributed by atoms with Crippen molar-refractivity contribution in [3.05, 3.63) is 34.3 Å². The zero-order chi connectivity index (χ0) is 14.7. The summed E-state index contributed by atoms with van der Waals surface area (Å²) < 4.78 is 1.05. The van der Waals surface area contributed by atoms with E-state index in [-0.39, 0.29) is 23.8 Å². The number of carbonyl (C=O) groups excluding carboxylic acids is 1. The van der Waals surface area contributed by atoms with Crippen molar-refractivity contribution in [3.63, 3.8) is 0 Å². The number of likely N-dealkylation sites (tertiary alicyclic amines) is 1. The van der Waals surface area contributed by atoms with Crippen molar-refractivity contribution in [2.24, 2.45) is 5.92 Å². The van der Waals surface area contributed by atoms with Crippen LogP contribution in [0, 0.1) is 5.92 Å². The second-order valence-electron chi connectivity index (χ2n) is 5.79. The van der Waals surface area contributed by atoms with E-state index in [1.165, 1.54) is 5.56 Å². The predicted molar refractivity (Wildman–Crippen MR) is 83.5 cm³/mol. The molecule has 1 aliphatic rings. The number of hydrogen-bond donors (Lipinski definition) is 1. The lowest BCUT2D eigenvalue weighted by atomic mass is 9.97. The summed E-state index contributed by atoms with van der Waals surface area (Å²) in [4.78, 5) is 14.2. The smallest absolute Gasteiger partial charge is 0.223 e. The van der Waals surface area contributed by atoms with Gasteiger partial charge < -0.3 is 10.0 Å². The topological polar surface area (TPSA) is 40.5 Å². The van der Waals surface area contributed by atoms with Gasteiger partial charge in [-0.05, 0) is 37.0 Å². The molecule has 1 fully saturated rings. The molecular formula is C16H22BrNO2. The van der Waals surface area contributed by atoms with E-state index in [2.05, 4.69) is 35.0 Å². The summed E-state index contributed by atoms with van der Waals surface area (Å²) in [5, 5.41) is 9.60. The van der Waals surface area contributed by atoms with Gasteiger partial charge in [0.25, 0.3) is 0 Å². The first-order chi connectivity index (χ1) is 9.47. The van der Waals surface area contributed by atoms with Crippen molar-refractivity contribution in [2.75, 3.05) is 13.1 Å². The van der Waals surface area contributed by atoms with Gasteiger partial charge in [0, 0.05) is 29.9 Å². The summed E-state index contributed by atoms with van der Waals surface area (Å²) in [6.07, 6.45) is 1.13. The van der Waals surface area contributed by atoms with Crippen LogP contribution in [0.1, 0.15) is 38.2 Å². The first-order valence-corrected chi connectivity index (χ1v) is 7.98. The molecule has 0 spiro atoms. The number of nitrogens with zero attached hydrogens (tertiary/aromatic N) is 1. The number of aliphatic hydroxyl groups excluding tert-OH is 1. The molecule has 3 atom stereocenters. The average Bonchev–Trinajstić information content (AvgIpc) is 2.89. The minimum absolute atomic E-state index is 0.198. The largest absolute Gasteiger partial charge is 0.393 e. The van der Waals surface area contributed by atoms with Crippen molar-refractivity contribution in [3.8, 4) is 0 Å². The van der Waals surface area contributed by atoms with E-state index in [1.54, 1.807) is 0 Å². The Morgan fingerprint density at radius 2 is 2.05 bits per heavy atom. The van der Waals surface area contributed by atoms with Crippen LogP contribution < -0.4 is 0 Å². The minimum Gasteiger partial charge on any atom is -0.393 e. The Kier molecular flexibility index (Phi) is 5.22. The molecule has 0 aliphatic carbocycles. The molecule has 1 aromatic rings. The van der Waals surface area contributed by atoms with E-state index < -0.39 is 0 Å². The SMILES string of the molecule is CC(CC(=O)N1CCC(C(C)O)C1)c1ccc(Br)cc1. The minimum atomic E-state index is -0.323. The molecule has 0 aromatic heterocycles. The van der Waals surface area contributed by atoms with Gasteiger partial charge in [-0.3, -0.25) is 4.79 Å². The van der Waals surface area contributed by atoms with Gasteiger partial charge in [0.2, 0.25) is 5.91 Å². The fourth-order valence-electron chi connectivity index (χ4n) is 2.71. The average molecular weight is 340 g/mol. The fraction of sp³-hybridized carbons (Fsp3) is 0.562. The van der Waals surface area contributed by atoms with E-state index in [9.17, 15) is 9.90 Å². The Balaban J connectivity index is 1.90. The summed E-state index contributed by atoms with van der Waals surface area (Å²) in [5.74, 6) is 0.659. The highest BCUT2D eigenvalue weighted by Crippen LogP contribution is 2.25. The highest BCUT2D eigenvalue weighted by molar-refractivity contribution is 9.10. The number of aliphatic hydroxyl groups is 1. The third-order valence-corrected chi connectivity index (χ3v) is 4.71. The molecule has 110 valence electrons. The third kappa shape index (κ3) is 3.83. The predicted octanol–water partition coefficient (Wildman–Crippen LogP) is 3.17. The zero-order valence-electron chi connectivity index (χ0n) is 12.1. The molecule has 1 saturated heterocycles. The maximum atomic E-state index is 12.3. The van der Waals surface area contributed by atoms with Crippen LogP contribution in [0.5, 0.6) is 0 Å². The molecule has 3 unspecified atom stereocenters. The molecule has 20 heavy (non-hydrogen) atoms. The molecule has 3 nitrogen and oxygen atoms in total. The highest BCUT2D eigenvalue weighted by atomic mass is 79.9. The van der Waals surface area contributed by atoms with Gasteiger partial charge in [0.15, 0.2) is 0 Å². The number of amides is 1. The Morgan fingerprint density at radius 1 is 1.40 bits per heavy atom. The second-order valence-corrected chi connectivity index (χ2v) is 6.70. The lowest BCUT2D eigenvalue weighted by molar-refractivity contribution is -0.130. The first kappa shape index (κ1) is 15.5. The Labute approximate surface area is 129 Å². The molecule has 2 rings (SSSR count). The van der Waals surface area contributed by atoms with Gasteiger partial charge in [0.1, 0.15) is 0 Å². The molecule has 0 bridgehead atoms. The molecule has 0 saturated carbocycles. The van der Waals surface area contributed by atoms with Crippen LogP contribution in [-0.4, -0.2) is 35.1 Å². The zero-order valence-corrected chi connectivity index (χ0v) is 13.6. The van der Waals surface area contributed by atoms with Crippen LogP contribution >= 0.6 is 15.9 Å². The van der Waals surface area contributed by atoms with Crippen molar-refractivity contribution >= 4 is 21.8 Å². The Hall–Kier alpha value is -0.870. The summed E-state index contributed by atoms with van der Waals surface area (Å²) in [5.41, 5.74) is 1.19. The lowest BCUT2D eigenvalue weighted by Gasteiger charge is -2.20. The third-order valence-electron chi connectivity index (χ3n) is 4.18. The quantitative estimate of drug-likeness (QED) is 0.915. The van der Waals surface area contributed by atoms with Crippen molar-refractivity contribution < 1.29 is 9.90 Å². The normalized spacial score (nSPS) is 21.8. The second kappa shape index (κ2) is 6.72. The maximum absolute atomic E-state index is 12.3. The van der Waals surface area contributed by atoms with Crippen molar-refractivity contribution in [2.45, 2.75) is 38.7 Å². The summed E-state index contributed by atoms with van der Waals surface area (Å²) >= 11 is 3.42. The van der Waals surface area contributed by atoms with Crippen LogP contribution in [0.25, 0.3) is 0 Å². The fourth-order valence-corrected chi connectivity index (χ4v) is 2.97. The molecule has 1 aromatic carbocycles. The highest BCUT2D eigenvalue weighted by Gasteiger charge is 2.29. The van der Waals surface area contributed by atoms with E-state index in [4.69, 9.17) is 0 Å². The first-order valence-electron chi connectivity index (χ1n) is 7.18. The van der Waals surface area contributed by atoms with Crippen molar-refractivity contribution in [1.82, 2.24) is 4.90 Å². The van der Waals surface area contributed by atoms with Crippen LogP contribution in [-0.2, 0) is 4.79 Å². The summed E-state index contributed by atoms with van der Waals surface area (Å²) in [7, 11) is 0. The van der Waals surface area contributed by atoms with Gasteiger partial charge >= 0.3 is 0 Å². The van der Waals surface area contributed by atoms with Gasteiger partial charge in [0.05, 0.1) is 6.10 Å². The van der Waals surface area contributed by atoms with Crippen LogP contribution in [0.4, 0.5) is 0 Å². The van der Waals surface area contributed by atoms with E-state index in [1.807, 2.05) is 24.0 Å². The maximum Gasteiger partial charge on any atom is 0.223 e. The number of benzene rings is 1. The molecule has 1 amide bonds. The van der Waals surface area contributed by atoms with E-state index >= 15 is 0 Å². The van der Waals surface area contributed by atoms with Gasteiger partial charge in [-0.1, -0.05) is 35.0 Å². The van der Waals surface area contributed by atoms with E-state index in [0.717, 1.165) is 17.4 Å². The Bertz CT molecular complexity index is 458. The number of rotatable bonds is 4. The molecular weight excluding hydrogens is 318 g/mol. The number of hydrogen-bond acceptors (Lipinski definition) is 2. The monoisotopic (exact) mass is 339 g/mol. The van der Waals surface area contributed by atoms with E-state index in [0.29, 0.717) is 13.0 Å². The van der Waals surface area contributed by atoms with Crippen LogP contribution in [0.2, 0.25) is 0 Å². The lowest BCUT2D eigenvalue weighted by Crippen LogP contribution is -2.31. The molecule has 4 heteroatoms. The van der Waals surface area contributed by atoms with Gasteiger partial charge in [-0.25, -0.2) is 0 Å². The molecule has 1 heterocycles. The molecule has 0 radical (unpaired) electrons. The number of halogens is 1. The summed E-state index contributed by atoms with van der Waals surface area (Å²) in [6.45, 7) is 5.37. The van der Waals surface area contributed by atoms with Gasteiger partial charge in [-0.2, -0.15) is 0 Å². The van der Waals surface area contributed by atoms with Gasteiger partial charge in [-0.15, -0.1) is 0 Å².